The van der Waals surface area contributed by atoms with Gasteiger partial charge in [0.05, 0.1) is 11.0 Å². The predicted molar refractivity (Wildman–Crippen MR) is 71.6 cm³/mol. The Kier molecular flexibility index (Phi) is 2.83. The zero-order chi connectivity index (χ0) is 14.1. The fourth-order valence-electron chi connectivity index (χ4n) is 1.98. The van der Waals surface area contributed by atoms with Gasteiger partial charge in [-0.15, -0.1) is 9.90 Å². The first-order chi connectivity index (χ1) is 9.65. The molecule has 6 nitrogen and oxygen atoms in total. The van der Waals surface area contributed by atoms with Crippen LogP contribution in [0.1, 0.15) is 6.92 Å². The average molecular weight is 268 g/mol. The number of hydrogen-bond donors (Lipinski definition) is 1. The van der Waals surface area contributed by atoms with Crippen LogP contribution in [-0.2, 0) is 4.79 Å². The summed E-state index contributed by atoms with van der Waals surface area (Å²) in [5.41, 5.74) is 1.83. The number of aromatic nitrogens is 3. The second-order valence-electron chi connectivity index (χ2n) is 4.32. The van der Waals surface area contributed by atoms with Crippen LogP contribution >= 0.6 is 0 Å². The van der Waals surface area contributed by atoms with E-state index < -0.39 is 0 Å². The number of hydrogen-bond acceptors (Lipinski definition) is 3. The lowest BCUT2D eigenvalue weighted by molar-refractivity contribution is -0.116. The molecule has 0 spiro atoms. The first-order valence-electron chi connectivity index (χ1n) is 6.07. The zero-order valence-corrected chi connectivity index (χ0v) is 10.8. The molecule has 0 atom stereocenters. The van der Waals surface area contributed by atoms with Crippen molar-refractivity contribution in [3.8, 4) is 17.1 Å². The van der Waals surface area contributed by atoms with Crippen molar-refractivity contribution in [2.75, 3.05) is 0 Å². The lowest BCUT2D eigenvalue weighted by Crippen LogP contribution is -2.10. The predicted octanol–water partition coefficient (Wildman–Crippen LogP) is 1.46. The van der Waals surface area contributed by atoms with Crippen LogP contribution in [-0.4, -0.2) is 25.9 Å². The third-order valence-corrected chi connectivity index (χ3v) is 2.83. The summed E-state index contributed by atoms with van der Waals surface area (Å²) in [6.07, 6.45) is 0. The smallest absolute Gasteiger partial charge is 0.243 e. The number of fused-ring (bicyclic) bond motifs is 1. The number of amides is 1. The summed E-state index contributed by atoms with van der Waals surface area (Å²) < 4.78 is 0. The molecule has 1 aliphatic heterocycles. The minimum Gasteiger partial charge on any atom is -0.411 e. The van der Waals surface area contributed by atoms with Crippen molar-refractivity contribution in [1.82, 2.24) is 14.7 Å². The Labute approximate surface area is 114 Å². The van der Waals surface area contributed by atoms with E-state index >= 15 is 0 Å². The van der Waals surface area contributed by atoms with Crippen LogP contribution in [0, 0.1) is 0 Å². The monoisotopic (exact) mass is 268 g/mol. The van der Waals surface area contributed by atoms with E-state index in [0.717, 1.165) is 10.5 Å². The van der Waals surface area contributed by atoms with Gasteiger partial charge in [-0.3, -0.25) is 4.79 Å². The number of rotatable bonds is 1. The number of carbonyl (C=O) groups is 1. The van der Waals surface area contributed by atoms with Gasteiger partial charge in [0.25, 0.3) is 0 Å². The summed E-state index contributed by atoms with van der Waals surface area (Å²) in [6.45, 7) is 1.38. The Morgan fingerprint density at radius 1 is 1.20 bits per heavy atom. The highest BCUT2D eigenvalue weighted by Crippen LogP contribution is 2.18. The van der Waals surface area contributed by atoms with Gasteiger partial charge in [0, 0.05) is 6.92 Å². The van der Waals surface area contributed by atoms with Crippen LogP contribution in [0.3, 0.4) is 0 Å². The fraction of sp³-hybridized carbons (Fsp3) is 0.0714. The lowest BCUT2D eigenvalue weighted by atomic mass is 10.2. The standard InChI is InChI=1S/C14H12N4O2/c1-10(19)15-11-7-8-13-14(9-11)18(20)17(16-13)12-5-3-2-4-6-12/h2-9,20H,1H3. The molecule has 6 heteroatoms. The second-order valence-corrected chi connectivity index (χ2v) is 4.32. The van der Waals surface area contributed by atoms with E-state index in [-0.39, 0.29) is 5.91 Å². The Bertz CT molecular complexity index is 802. The van der Waals surface area contributed by atoms with Crippen molar-refractivity contribution in [3.63, 3.8) is 0 Å². The number of carbonyl (C=O) groups excluding carboxylic acids is 1. The summed E-state index contributed by atoms with van der Waals surface area (Å²) in [5, 5.41) is 15.0. The van der Waals surface area contributed by atoms with Crippen molar-refractivity contribution < 1.29 is 10.0 Å². The summed E-state index contributed by atoms with van der Waals surface area (Å²) in [5.74, 6) is -0.288. The number of nitrogens with zero attached hydrogens (tertiary/aromatic N) is 4. The molecule has 2 aliphatic rings. The molecule has 1 heterocycles. The average Bonchev–Trinajstić information content (AvgIpc) is 2.76. The van der Waals surface area contributed by atoms with Crippen molar-refractivity contribution in [2.45, 2.75) is 6.92 Å². The van der Waals surface area contributed by atoms with Crippen molar-refractivity contribution in [1.29, 1.82) is 0 Å². The molecule has 0 saturated heterocycles. The maximum Gasteiger partial charge on any atom is 0.243 e. The number of para-hydroxylation sites is 1. The fourth-order valence-corrected chi connectivity index (χ4v) is 1.98. The van der Waals surface area contributed by atoms with E-state index in [0.29, 0.717) is 16.7 Å². The van der Waals surface area contributed by atoms with E-state index in [2.05, 4.69) is 10.1 Å². The van der Waals surface area contributed by atoms with E-state index in [1.165, 1.54) is 11.7 Å². The zero-order valence-electron chi connectivity index (χ0n) is 10.8. The highest BCUT2D eigenvalue weighted by Gasteiger charge is 2.15. The van der Waals surface area contributed by atoms with E-state index in [9.17, 15) is 10.0 Å². The maximum atomic E-state index is 11.0. The van der Waals surface area contributed by atoms with Crippen molar-refractivity contribution in [3.05, 3.63) is 53.9 Å². The molecule has 0 unspecified atom stereocenters. The summed E-state index contributed by atoms with van der Waals surface area (Å²) in [7, 11) is 0. The van der Waals surface area contributed by atoms with Crippen LogP contribution < -0.4 is 5.36 Å². The molecule has 1 aromatic rings. The SMILES string of the molecule is CC(=O)N=c1ccc2nn(-c3ccccc3)n(O)c-2c1. The minimum atomic E-state index is -0.288. The third kappa shape index (κ3) is 2.07. The first kappa shape index (κ1) is 12.2. The molecule has 100 valence electrons. The van der Waals surface area contributed by atoms with Gasteiger partial charge in [-0.05, 0) is 30.3 Å². The van der Waals surface area contributed by atoms with Gasteiger partial charge >= 0.3 is 0 Å². The summed E-state index contributed by atoms with van der Waals surface area (Å²) in [4.78, 5) is 17.1. The van der Waals surface area contributed by atoms with Gasteiger partial charge in [-0.2, -0.15) is 0 Å². The van der Waals surface area contributed by atoms with Gasteiger partial charge in [0.1, 0.15) is 11.4 Å². The normalized spacial score (nSPS) is 11.9. The van der Waals surface area contributed by atoms with Gasteiger partial charge < -0.3 is 5.21 Å². The lowest BCUT2D eigenvalue weighted by Gasteiger charge is -2.03. The van der Waals surface area contributed by atoms with Crippen molar-refractivity contribution in [2.24, 2.45) is 4.99 Å². The molecular formula is C14H12N4O2. The number of benzene rings is 2. The van der Waals surface area contributed by atoms with Crippen LogP contribution in [0.5, 0.6) is 0 Å². The maximum absolute atomic E-state index is 11.0. The Morgan fingerprint density at radius 3 is 2.65 bits per heavy atom. The molecule has 20 heavy (non-hydrogen) atoms. The summed E-state index contributed by atoms with van der Waals surface area (Å²) >= 11 is 0. The third-order valence-electron chi connectivity index (χ3n) is 2.83. The van der Waals surface area contributed by atoms with Gasteiger partial charge in [0.2, 0.25) is 5.91 Å². The Balaban J connectivity index is 2.22. The van der Waals surface area contributed by atoms with E-state index in [1.807, 2.05) is 30.3 Å². The summed E-state index contributed by atoms with van der Waals surface area (Å²) in [6, 6.07) is 14.3. The highest BCUT2D eigenvalue weighted by molar-refractivity contribution is 5.74. The topological polar surface area (TPSA) is 72.4 Å². The highest BCUT2D eigenvalue weighted by atomic mass is 16.5. The quantitative estimate of drug-likeness (QED) is 0.679. The Morgan fingerprint density at radius 2 is 1.95 bits per heavy atom. The molecule has 0 saturated carbocycles. The molecule has 1 aromatic carbocycles. The molecule has 0 bridgehead atoms. The molecule has 3 rings (SSSR count). The van der Waals surface area contributed by atoms with Crippen molar-refractivity contribution >= 4 is 5.91 Å². The second kappa shape index (κ2) is 4.65. The van der Waals surface area contributed by atoms with E-state index in [1.54, 1.807) is 18.2 Å². The van der Waals surface area contributed by atoms with Gasteiger partial charge in [-0.1, -0.05) is 23.0 Å². The Hall–Kier alpha value is -2.89. The van der Waals surface area contributed by atoms with Crippen LogP contribution in [0.15, 0.2) is 53.5 Å². The van der Waals surface area contributed by atoms with Gasteiger partial charge in [0.15, 0.2) is 0 Å². The minimum absolute atomic E-state index is 0.288. The van der Waals surface area contributed by atoms with E-state index in [4.69, 9.17) is 0 Å². The first-order valence-corrected chi connectivity index (χ1v) is 6.07. The van der Waals surface area contributed by atoms with Gasteiger partial charge in [-0.25, -0.2) is 4.99 Å². The molecule has 0 radical (unpaired) electrons. The molecule has 0 aromatic heterocycles. The van der Waals surface area contributed by atoms with Crippen LogP contribution in [0.2, 0.25) is 0 Å². The molecule has 1 amide bonds. The molecule has 0 fully saturated rings. The molecular weight excluding hydrogens is 256 g/mol. The van der Waals surface area contributed by atoms with Crippen LogP contribution in [0.25, 0.3) is 17.1 Å². The molecule has 1 N–H and O–H groups in total. The largest absolute Gasteiger partial charge is 0.411 e. The molecule has 1 aliphatic carbocycles. The van der Waals surface area contributed by atoms with Crippen LogP contribution in [0.4, 0.5) is 0 Å².